The molecule has 5 nitrogen and oxygen atoms in total. The normalized spacial score (nSPS) is 11.6. The fraction of sp³-hybridized carbons (Fsp3) is 0.913. The minimum atomic E-state index is 0.654. The van der Waals surface area contributed by atoms with E-state index in [4.69, 9.17) is 5.26 Å². The molecule has 0 atom stereocenters. The van der Waals surface area contributed by atoms with E-state index in [1.165, 1.54) is 90.1 Å². The van der Waals surface area contributed by atoms with E-state index in [1.807, 2.05) is 25.2 Å². The molecule has 0 aliphatic heterocycles. The molecule has 5 heteroatoms. The maximum atomic E-state index is 8.80. The lowest BCUT2D eigenvalue weighted by Crippen LogP contribution is -2.34. The van der Waals surface area contributed by atoms with Gasteiger partial charge in [-0.3, -0.25) is 10.3 Å². The summed E-state index contributed by atoms with van der Waals surface area (Å²) < 4.78 is 0. The minimum absolute atomic E-state index is 0.654. The molecule has 0 aromatic heterocycles. The Morgan fingerprint density at radius 3 is 1.68 bits per heavy atom. The van der Waals surface area contributed by atoms with Gasteiger partial charge in [-0.25, -0.2) is 0 Å². The molecule has 1 N–H and O–H groups in total. The van der Waals surface area contributed by atoms with E-state index in [0.717, 1.165) is 19.5 Å². The van der Waals surface area contributed by atoms with Crippen molar-refractivity contribution in [1.82, 2.24) is 15.1 Å². The molecule has 0 saturated heterocycles. The first-order chi connectivity index (χ1) is 13.7. The van der Waals surface area contributed by atoms with Crippen molar-refractivity contribution < 1.29 is 0 Å². The Labute approximate surface area is 175 Å². The van der Waals surface area contributed by atoms with E-state index >= 15 is 0 Å². The van der Waals surface area contributed by atoms with Crippen LogP contribution in [0.2, 0.25) is 0 Å². The zero-order valence-corrected chi connectivity index (χ0v) is 19.3. The standard InChI is InChI=1S/C23H47N5/c1-5-7-9-11-13-15-19-28(20-16-14-12-10-8-6-2)21-17-18-25-23(26-22-24)27(3)4/h5-21H2,1-4H3,(H,25,26). The quantitative estimate of drug-likeness (QED) is 0.112. The molecule has 0 bridgehead atoms. The molecule has 0 aromatic rings. The highest BCUT2D eigenvalue weighted by atomic mass is 15.3. The SMILES string of the molecule is CCCCCCCCN(CCCCCCCC)CCCN=C(NC#N)N(C)C. The summed E-state index contributed by atoms with van der Waals surface area (Å²) in [4.78, 5) is 9.02. The van der Waals surface area contributed by atoms with E-state index in [-0.39, 0.29) is 0 Å². The number of unbranched alkanes of at least 4 members (excludes halogenated alkanes) is 10. The molecular weight excluding hydrogens is 346 g/mol. The van der Waals surface area contributed by atoms with Gasteiger partial charge in [0.15, 0.2) is 6.19 Å². The first-order valence-electron chi connectivity index (χ1n) is 11.7. The van der Waals surface area contributed by atoms with Crippen LogP contribution in [0.15, 0.2) is 4.99 Å². The lowest BCUT2D eigenvalue weighted by atomic mass is 10.1. The summed E-state index contributed by atoms with van der Waals surface area (Å²) in [5, 5.41) is 11.5. The summed E-state index contributed by atoms with van der Waals surface area (Å²) >= 11 is 0. The number of aliphatic imine (C=N–C) groups is 1. The van der Waals surface area contributed by atoms with Crippen LogP contribution in [0.5, 0.6) is 0 Å². The van der Waals surface area contributed by atoms with Crippen molar-refractivity contribution in [2.45, 2.75) is 97.3 Å². The average molecular weight is 394 g/mol. The highest BCUT2D eigenvalue weighted by Gasteiger charge is 2.05. The van der Waals surface area contributed by atoms with Gasteiger partial charge >= 0.3 is 0 Å². The number of guanidine groups is 1. The molecule has 0 heterocycles. The van der Waals surface area contributed by atoms with Crippen molar-refractivity contribution in [2.75, 3.05) is 40.3 Å². The largest absolute Gasteiger partial charge is 0.348 e. The number of nitriles is 1. The third kappa shape index (κ3) is 16.9. The van der Waals surface area contributed by atoms with Crippen LogP contribution in [0, 0.1) is 11.5 Å². The Kier molecular flexibility index (Phi) is 19.5. The molecule has 0 aliphatic rings. The molecule has 28 heavy (non-hydrogen) atoms. The van der Waals surface area contributed by atoms with Gasteiger partial charge in [0.2, 0.25) is 5.96 Å². The zero-order valence-electron chi connectivity index (χ0n) is 19.3. The van der Waals surface area contributed by atoms with Crippen LogP contribution in [0.3, 0.4) is 0 Å². The van der Waals surface area contributed by atoms with Gasteiger partial charge in [-0.2, -0.15) is 5.26 Å². The van der Waals surface area contributed by atoms with Crippen LogP contribution in [0.25, 0.3) is 0 Å². The fourth-order valence-corrected chi connectivity index (χ4v) is 3.39. The van der Waals surface area contributed by atoms with E-state index in [9.17, 15) is 0 Å². The number of hydrogen-bond acceptors (Lipinski definition) is 3. The van der Waals surface area contributed by atoms with Crippen molar-refractivity contribution in [3.8, 4) is 6.19 Å². The third-order valence-electron chi connectivity index (χ3n) is 5.14. The Morgan fingerprint density at radius 1 is 0.750 bits per heavy atom. The van der Waals surface area contributed by atoms with Gasteiger partial charge < -0.3 is 9.80 Å². The van der Waals surface area contributed by atoms with E-state index in [2.05, 4.69) is 29.1 Å². The first kappa shape index (κ1) is 26.7. The van der Waals surface area contributed by atoms with Gasteiger partial charge in [0.05, 0.1) is 0 Å². The lowest BCUT2D eigenvalue weighted by molar-refractivity contribution is 0.258. The molecule has 0 unspecified atom stereocenters. The molecule has 0 saturated carbocycles. The maximum absolute atomic E-state index is 8.80. The molecule has 0 amide bonds. The number of nitrogens with one attached hydrogen (secondary N) is 1. The van der Waals surface area contributed by atoms with Gasteiger partial charge in [0.25, 0.3) is 0 Å². The smallest absolute Gasteiger partial charge is 0.206 e. The Balaban J connectivity index is 4.19. The summed E-state index contributed by atoms with van der Waals surface area (Å²) in [6, 6.07) is 0. The summed E-state index contributed by atoms with van der Waals surface area (Å²) in [7, 11) is 3.82. The maximum Gasteiger partial charge on any atom is 0.206 e. The highest BCUT2D eigenvalue weighted by Crippen LogP contribution is 2.09. The van der Waals surface area contributed by atoms with Crippen LogP contribution >= 0.6 is 0 Å². The Morgan fingerprint density at radius 2 is 1.21 bits per heavy atom. The summed E-state index contributed by atoms with van der Waals surface area (Å²) in [5.41, 5.74) is 0. The number of nitrogens with zero attached hydrogens (tertiary/aromatic N) is 4. The van der Waals surface area contributed by atoms with Gasteiger partial charge in [-0.05, 0) is 38.9 Å². The molecule has 164 valence electrons. The van der Waals surface area contributed by atoms with E-state index < -0.39 is 0 Å². The summed E-state index contributed by atoms with van der Waals surface area (Å²) in [6.45, 7) is 8.88. The van der Waals surface area contributed by atoms with Crippen molar-refractivity contribution in [2.24, 2.45) is 4.99 Å². The van der Waals surface area contributed by atoms with Crippen molar-refractivity contribution in [3.05, 3.63) is 0 Å². The fourth-order valence-electron chi connectivity index (χ4n) is 3.39. The van der Waals surface area contributed by atoms with Gasteiger partial charge in [-0.1, -0.05) is 78.1 Å². The molecule has 0 fully saturated rings. The molecule has 0 aliphatic carbocycles. The van der Waals surface area contributed by atoms with Crippen LogP contribution < -0.4 is 5.32 Å². The Hall–Kier alpha value is -1.28. The van der Waals surface area contributed by atoms with Gasteiger partial charge in [-0.15, -0.1) is 0 Å². The molecule has 0 radical (unpaired) electrons. The predicted octanol–water partition coefficient (Wildman–Crippen LogP) is 5.39. The molecule has 0 spiro atoms. The first-order valence-corrected chi connectivity index (χ1v) is 11.7. The third-order valence-corrected chi connectivity index (χ3v) is 5.14. The second-order valence-corrected chi connectivity index (χ2v) is 8.07. The second kappa shape index (κ2) is 20.5. The minimum Gasteiger partial charge on any atom is -0.348 e. The second-order valence-electron chi connectivity index (χ2n) is 8.07. The lowest BCUT2D eigenvalue weighted by Gasteiger charge is -2.22. The van der Waals surface area contributed by atoms with Crippen molar-refractivity contribution >= 4 is 5.96 Å². The highest BCUT2D eigenvalue weighted by molar-refractivity contribution is 5.80. The van der Waals surface area contributed by atoms with Crippen molar-refractivity contribution in [3.63, 3.8) is 0 Å². The molecule has 0 aromatic carbocycles. The van der Waals surface area contributed by atoms with Gasteiger partial charge in [0, 0.05) is 20.6 Å². The average Bonchev–Trinajstić information content (AvgIpc) is 2.68. The summed E-state index contributed by atoms with van der Waals surface area (Å²) in [5.74, 6) is 0.654. The predicted molar refractivity (Wildman–Crippen MR) is 123 cm³/mol. The zero-order chi connectivity index (χ0) is 20.9. The van der Waals surface area contributed by atoms with E-state index in [0.29, 0.717) is 5.96 Å². The summed E-state index contributed by atoms with van der Waals surface area (Å²) in [6.07, 6.45) is 19.3. The van der Waals surface area contributed by atoms with Crippen molar-refractivity contribution in [1.29, 1.82) is 5.26 Å². The van der Waals surface area contributed by atoms with Gasteiger partial charge in [0.1, 0.15) is 0 Å². The van der Waals surface area contributed by atoms with Crippen LogP contribution in [-0.2, 0) is 0 Å². The van der Waals surface area contributed by atoms with Crippen LogP contribution in [-0.4, -0.2) is 56.0 Å². The van der Waals surface area contributed by atoms with E-state index in [1.54, 1.807) is 0 Å². The monoisotopic (exact) mass is 393 g/mol. The molecular formula is C23H47N5. The topological polar surface area (TPSA) is 54.7 Å². The number of rotatable bonds is 18. The molecule has 0 rings (SSSR count). The van der Waals surface area contributed by atoms with Crippen LogP contribution in [0.4, 0.5) is 0 Å². The number of hydrogen-bond donors (Lipinski definition) is 1. The Bertz CT molecular complexity index is 384. The van der Waals surface area contributed by atoms with Crippen LogP contribution in [0.1, 0.15) is 97.3 Å².